The number of hydrogen-bond acceptors (Lipinski definition) is 4. The molecule has 0 aromatic heterocycles. The van der Waals surface area contributed by atoms with Crippen molar-refractivity contribution in [1.29, 1.82) is 0 Å². The summed E-state index contributed by atoms with van der Waals surface area (Å²) < 4.78 is 10.9. The summed E-state index contributed by atoms with van der Waals surface area (Å²) >= 11 is 0. The molecule has 0 radical (unpaired) electrons. The van der Waals surface area contributed by atoms with Crippen molar-refractivity contribution < 1.29 is 19.1 Å². The molecule has 1 aromatic carbocycles. The van der Waals surface area contributed by atoms with Crippen molar-refractivity contribution in [3.05, 3.63) is 35.9 Å². The van der Waals surface area contributed by atoms with Gasteiger partial charge < -0.3 is 9.47 Å². The van der Waals surface area contributed by atoms with Crippen LogP contribution in [0.2, 0.25) is 0 Å². The number of esters is 2. The first kappa shape index (κ1) is 22.2. The van der Waals surface area contributed by atoms with E-state index in [4.69, 9.17) is 9.47 Å². The van der Waals surface area contributed by atoms with Crippen LogP contribution < -0.4 is 0 Å². The van der Waals surface area contributed by atoms with Crippen LogP contribution in [0, 0.1) is 23.7 Å². The minimum absolute atomic E-state index is 0.214. The first-order valence-corrected chi connectivity index (χ1v) is 9.60. The Morgan fingerprint density at radius 3 is 1.62 bits per heavy atom. The van der Waals surface area contributed by atoms with Crippen LogP contribution in [-0.4, -0.2) is 25.2 Å². The molecule has 4 nitrogen and oxygen atoms in total. The third-order valence-electron chi connectivity index (χ3n) is 3.98. The van der Waals surface area contributed by atoms with Crippen molar-refractivity contribution in [1.82, 2.24) is 0 Å². The van der Waals surface area contributed by atoms with Crippen LogP contribution in [0.3, 0.4) is 0 Å². The van der Waals surface area contributed by atoms with Gasteiger partial charge in [0.15, 0.2) is 5.92 Å². The Balaban J connectivity index is 3.14. The highest BCUT2D eigenvalue weighted by Gasteiger charge is 2.39. The fourth-order valence-electron chi connectivity index (χ4n) is 2.77. The van der Waals surface area contributed by atoms with Gasteiger partial charge in [-0.15, -0.1) is 0 Å². The molecule has 0 heterocycles. The summed E-state index contributed by atoms with van der Waals surface area (Å²) in [5.74, 6) is -1.40. The molecule has 0 amide bonds. The van der Waals surface area contributed by atoms with Crippen LogP contribution in [0.4, 0.5) is 0 Å². The van der Waals surface area contributed by atoms with E-state index in [2.05, 4.69) is 13.8 Å². The van der Waals surface area contributed by atoms with Crippen molar-refractivity contribution >= 4 is 11.9 Å². The molecule has 0 spiro atoms. The van der Waals surface area contributed by atoms with Crippen LogP contribution in [0.25, 0.3) is 0 Å². The van der Waals surface area contributed by atoms with Gasteiger partial charge in [-0.1, -0.05) is 71.9 Å². The predicted octanol–water partition coefficient (Wildman–Crippen LogP) is 4.83. The van der Waals surface area contributed by atoms with Crippen LogP contribution in [-0.2, 0) is 19.1 Å². The van der Waals surface area contributed by atoms with Gasteiger partial charge in [-0.2, -0.15) is 0 Å². The Morgan fingerprint density at radius 1 is 0.769 bits per heavy atom. The monoisotopic (exact) mass is 362 g/mol. The lowest BCUT2D eigenvalue weighted by Gasteiger charge is -2.27. The van der Waals surface area contributed by atoms with Crippen molar-refractivity contribution in [2.45, 2.75) is 53.9 Å². The fraction of sp³-hybridized carbons (Fsp3) is 0.636. The molecule has 26 heavy (non-hydrogen) atoms. The SMILES string of the molecule is CC(C)COC(=O)C(C(=O)OCC(C)C)C(CC(C)C)c1ccccc1. The molecule has 0 saturated heterocycles. The van der Waals surface area contributed by atoms with E-state index in [1.165, 1.54) is 0 Å². The predicted molar refractivity (Wildman–Crippen MR) is 104 cm³/mol. The van der Waals surface area contributed by atoms with Gasteiger partial charge in [-0.3, -0.25) is 9.59 Å². The molecule has 1 aromatic rings. The van der Waals surface area contributed by atoms with Gasteiger partial charge in [0.1, 0.15) is 0 Å². The summed E-state index contributed by atoms with van der Waals surface area (Å²) in [6.07, 6.45) is 0.711. The summed E-state index contributed by atoms with van der Waals surface area (Å²) in [7, 11) is 0. The maximum Gasteiger partial charge on any atom is 0.320 e. The molecule has 0 bridgehead atoms. The van der Waals surface area contributed by atoms with E-state index in [1.54, 1.807) is 0 Å². The average Bonchev–Trinajstić information content (AvgIpc) is 2.58. The van der Waals surface area contributed by atoms with Crippen LogP contribution in [0.1, 0.15) is 59.4 Å². The quantitative estimate of drug-likeness (QED) is 0.442. The molecule has 0 N–H and O–H groups in total. The first-order chi connectivity index (χ1) is 12.2. The highest BCUT2D eigenvalue weighted by atomic mass is 16.6. The molecule has 1 rings (SSSR count). The van der Waals surface area contributed by atoms with Gasteiger partial charge in [-0.05, 0) is 29.7 Å². The van der Waals surface area contributed by atoms with Crippen molar-refractivity contribution in [2.75, 3.05) is 13.2 Å². The maximum atomic E-state index is 12.8. The van der Waals surface area contributed by atoms with Crippen LogP contribution >= 0.6 is 0 Å². The minimum atomic E-state index is -0.933. The smallest absolute Gasteiger partial charge is 0.320 e. The van der Waals surface area contributed by atoms with E-state index in [0.717, 1.165) is 5.56 Å². The van der Waals surface area contributed by atoms with Gasteiger partial charge >= 0.3 is 11.9 Å². The summed E-state index contributed by atoms with van der Waals surface area (Å²) in [6, 6.07) is 9.72. The summed E-state index contributed by atoms with van der Waals surface area (Å²) in [5.41, 5.74) is 0.967. The number of carbonyl (C=O) groups is 2. The van der Waals surface area contributed by atoms with Crippen molar-refractivity contribution in [2.24, 2.45) is 23.7 Å². The Kier molecular flexibility index (Phi) is 9.39. The zero-order chi connectivity index (χ0) is 19.7. The van der Waals surface area contributed by atoms with E-state index in [-0.39, 0.29) is 17.8 Å². The molecule has 0 aliphatic carbocycles. The molecule has 0 fully saturated rings. The number of hydrogen-bond donors (Lipinski definition) is 0. The summed E-state index contributed by atoms with van der Waals surface area (Å²) in [5, 5.41) is 0. The van der Waals surface area contributed by atoms with Gasteiger partial charge in [0.05, 0.1) is 13.2 Å². The van der Waals surface area contributed by atoms with Gasteiger partial charge in [0.25, 0.3) is 0 Å². The van der Waals surface area contributed by atoms with E-state index in [1.807, 2.05) is 58.0 Å². The molecule has 0 aliphatic heterocycles. The van der Waals surface area contributed by atoms with E-state index < -0.39 is 17.9 Å². The van der Waals surface area contributed by atoms with Gasteiger partial charge in [-0.25, -0.2) is 0 Å². The number of rotatable bonds is 10. The van der Waals surface area contributed by atoms with Gasteiger partial charge in [0, 0.05) is 5.92 Å². The lowest BCUT2D eigenvalue weighted by molar-refractivity contribution is -0.164. The second-order valence-electron chi connectivity index (χ2n) is 8.17. The number of carbonyl (C=O) groups excluding carboxylic acids is 2. The third kappa shape index (κ3) is 7.59. The highest BCUT2D eigenvalue weighted by molar-refractivity contribution is 5.96. The molecule has 1 unspecified atom stereocenters. The largest absolute Gasteiger partial charge is 0.465 e. The Morgan fingerprint density at radius 2 is 1.23 bits per heavy atom. The Labute approximate surface area is 158 Å². The second-order valence-corrected chi connectivity index (χ2v) is 8.17. The highest BCUT2D eigenvalue weighted by Crippen LogP contribution is 2.33. The van der Waals surface area contributed by atoms with E-state index in [9.17, 15) is 9.59 Å². The van der Waals surface area contributed by atoms with Gasteiger partial charge in [0.2, 0.25) is 0 Å². The minimum Gasteiger partial charge on any atom is -0.465 e. The average molecular weight is 363 g/mol. The molecule has 0 saturated carbocycles. The molecule has 1 atom stereocenters. The Hall–Kier alpha value is -1.84. The lowest BCUT2D eigenvalue weighted by atomic mass is 9.80. The molecule has 4 heteroatoms. The Bertz CT molecular complexity index is 525. The first-order valence-electron chi connectivity index (χ1n) is 9.60. The van der Waals surface area contributed by atoms with E-state index >= 15 is 0 Å². The zero-order valence-electron chi connectivity index (χ0n) is 17.0. The third-order valence-corrected chi connectivity index (χ3v) is 3.98. The van der Waals surface area contributed by atoms with E-state index in [0.29, 0.717) is 25.6 Å². The summed E-state index contributed by atoms with van der Waals surface area (Å²) in [6.45, 7) is 12.7. The maximum absolute atomic E-state index is 12.8. The zero-order valence-corrected chi connectivity index (χ0v) is 17.0. The lowest BCUT2D eigenvalue weighted by Crippen LogP contribution is -2.35. The summed E-state index contributed by atoms with van der Waals surface area (Å²) in [4.78, 5) is 25.6. The molecule has 0 aliphatic rings. The normalized spacial score (nSPS) is 12.7. The topological polar surface area (TPSA) is 52.6 Å². The standard InChI is InChI=1S/C22H34O4/c1-15(2)12-19(18-10-8-7-9-11-18)20(21(23)25-13-16(3)4)22(24)26-14-17(5)6/h7-11,15-17,19-20H,12-14H2,1-6H3. The second kappa shape index (κ2) is 11.0. The van der Waals surface area contributed by atoms with Crippen molar-refractivity contribution in [3.8, 4) is 0 Å². The fourth-order valence-corrected chi connectivity index (χ4v) is 2.77. The van der Waals surface area contributed by atoms with Crippen molar-refractivity contribution in [3.63, 3.8) is 0 Å². The molecular weight excluding hydrogens is 328 g/mol. The van der Waals surface area contributed by atoms with Crippen LogP contribution in [0.15, 0.2) is 30.3 Å². The number of ether oxygens (including phenoxy) is 2. The van der Waals surface area contributed by atoms with Crippen LogP contribution in [0.5, 0.6) is 0 Å². The molecule has 146 valence electrons. The molecular formula is C22H34O4. The number of benzene rings is 1.